The summed E-state index contributed by atoms with van der Waals surface area (Å²) in [6, 6.07) is 3.13. The molecule has 2 aromatic rings. The first-order valence-electron chi connectivity index (χ1n) is 4.83. The topological polar surface area (TPSA) is 83.8 Å². The van der Waals surface area contributed by atoms with Gasteiger partial charge in [0.2, 0.25) is 5.91 Å². The van der Waals surface area contributed by atoms with E-state index in [0.717, 1.165) is 10.7 Å². The number of carbonyl (C=O) groups excluding carboxylic acids is 1. The molecule has 5 nitrogen and oxygen atoms in total. The van der Waals surface area contributed by atoms with Crippen molar-refractivity contribution >= 4 is 22.2 Å². The number of thiophene rings is 1. The summed E-state index contributed by atoms with van der Waals surface area (Å²) in [5.74, 6) is -0.189. The number of imidazole rings is 1. The number of nitrogens with one attached hydrogen (secondary N) is 2. The molecule has 0 aliphatic heterocycles. The van der Waals surface area contributed by atoms with Crippen LogP contribution in [0.15, 0.2) is 30.0 Å². The molecule has 0 saturated carbocycles. The van der Waals surface area contributed by atoms with Gasteiger partial charge in [-0.3, -0.25) is 4.79 Å². The molecule has 4 N–H and O–H groups in total. The van der Waals surface area contributed by atoms with Gasteiger partial charge >= 0.3 is 0 Å². The number of carbonyl (C=O) groups is 1. The van der Waals surface area contributed by atoms with Crippen LogP contribution in [0, 0.1) is 0 Å². The number of aromatic nitrogens is 2. The molecule has 0 bridgehead atoms. The van der Waals surface area contributed by atoms with Crippen molar-refractivity contribution in [2.24, 2.45) is 5.73 Å². The number of anilines is 1. The first kappa shape index (κ1) is 10.8. The second kappa shape index (κ2) is 4.91. The standard InChI is InChI=1S/C10H12N4OS/c11-8(4-7-5-12-6-13-7)10(15)14-9-2-1-3-16-9/h1-3,5-6,8H,4,11H2,(H,12,13)(H,14,15). The lowest BCUT2D eigenvalue weighted by atomic mass is 10.1. The molecule has 2 rings (SSSR count). The fraction of sp³-hybridized carbons (Fsp3) is 0.200. The van der Waals surface area contributed by atoms with Crippen molar-refractivity contribution in [2.75, 3.05) is 5.32 Å². The normalized spacial score (nSPS) is 12.3. The van der Waals surface area contributed by atoms with Crippen LogP contribution in [0.4, 0.5) is 5.00 Å². The Labute approximate surface area is 96.7 Å². The molecule has 0 aliphatic carbocycles. The number of rotatable bonds is 4. The molecule has 2 aromatic heterocycles. The Morgan fingerprint density at radius 3 is 3.19 bits per heavy atom. The molecule has 0 fully saturated rings. The maximum atomic E-state index is 11.7. The van der Waals surface area contributed by atoms with Crippen LogP contribution in [-0.2, 0) is 11.2 Å². The van der Waals surface area contributed by atoms with Crippen LogP contribution in [-0.4, -0.2) is 21.9 Å². The van der Waals surface area contributed by atoms with Crippen molar-refractivity contribution in [1.82, 2.24) is 9.97 Å². The van der Waals surface area contributed by atoms with Crippen LogP contribution in [0.25, 0.3) is 0 Å². The number of amides is 1. The van der Waals surface area contributed by atoms with Crippen LogP contribution in [0.5, 0.6) is 0 Å². The van der Waals surface area contributed by atoms with E-state index in [1.807, 2.05) is 17.5 Å². The zero-order valence-corrected chi connectivity index (χ0v) is 9.33. The SMILES string of the molecule is NC(Cc1c[nH]cn1)C(=O)Nc1cccs1. The van der Waals surface area contributed by atoms with E-state index in [2.05, 4.69) is 15.3 Å². The highest BCUT2D eigenvalue weighted by molar-refractivity contribution is 7.14. The summed E-state index contributed by atoms with van der Waals surface area (Å²) in [6.07, 6.45) is 3.73. The van der Waals surface area contributed by atoms with Crippen LogP contribution in [0.2, 0.25) is 0 Å². The zero-order chi connectivity index (χ0) is 11.4. The molecular weight excluding hydrogens is 224 g/mol. The molecule has 1 atom stereocenters. The van der Waals surface area contributed by atoms with Gasteiger partial charge in [-0.25, -0.2) is 4.98 Å². The Hall–Kier alpha value is -1.66. The van der Waals surface area contributed by atoms with E-state index in [-0.39, 0.29) is 5.91 Å². The van der Waals surface area contributed by atoms with Crippen molar-refractivity contribution in [3.8, 4) is 0 Å². The van der Waals surface area contributed by atoms with Gasteiger partial charge in [-0.15, -0.1) is 11.3 Å². The molecule has 0 aromatic carbocycles. The molecule has 0 radical (unpaired) electrons. The Bertz CT molecular complexity index is 437. The molecule has 0 saturated heterocycles. The van der Waals surface area contributed by atoms with Gasteiger partial charge in [-0.05, 0) is 17.5 Å². The Kier molecular flexibility index (Phi) is 3.33. The van der Waals surface area contributed by atoms with Crippen LogP contribution in [0.1, 0.15) is 5.69 Å². The number of hydrogen-bond donors (Lipinski definition) is 3. The molecule has 2 heterocycles. The molecule has 16 heavy (non-hydrogen) atoms. The van der Waals surface area contributed by atoms with E-state index in [1.54, 1.807) is 12.5 Å². The smallest absolute Gasteiger partial charge is 0.242 e. The average Bonchev–Trinajstić information content (AvgIpc) is 2.90. The van der Waals surface area contributed by atoms with E-state index in [1.165, 1.54) is 11.3 Å². The van der Waals surface area contributed by atoms with E-state index in [9.17, 15) is 4.79 Å². The molecule has 1 amide bonds. The number of hydrogen-bond acceptors (Lipinski definition) is 4. The summed E-state index contributed by atoms with van der Waals surface area (Å²) in [5, 5.41) is 5.46. The lowest BCUT2D eigenvalue weighted by Crippen LogP contribution is -2.37. The van der Waals surface area contributed by atoms with Crippen LogP contribution in [0.3, 0.4) is 0 Å². The lowest BCUT2D eigenvalue weighted by molar-refractivity contribution is -0.117. The number of aromatic amines is 1. The summed E-state index contributed by atoms with van der Waals surface area (Å²) in [6.45, 7) is 0. The van der Waals surface area contributed by atoms with E-state index in [0.29, 0.717) is 6.42 Å². The molecular formula is C10H12N4OS. The quantitative estimate of drug-likeness (QED) is 0.740. The van der Waals surface area contributed by atoms with Gasteiger partial charge in [-0.1, -0.05) is 0 Å². The Morgan fingerprint density at radius 1 is 1.69 bits per heavy atom. The highest BCUT2D eigenvalue weighted by Gasteiger charge is 2.15. The van der Waals surface area contributed by atoms with Gasteiger partial charge in [0, 0.05) is 12.6 Å². The fourth-order valence-corrected chi connectivity index (χ4v) is 1.90. The third kappa shape index (κ3) is 2.68. The summed E-state index contributed by atoms with van der Waals surface area (Å²) in [4.78, 5) is 18.5. The summed E-state index contributed by atoms with van der Waals surface area (Å²) >= 11 is 1.47. The van der Waals surface area contributed by atoms with Crippen molar-refractivity contribution in [3.63, 3.8) is 0 Å². The fourth-order valence-electron chi connectivity index (χ4n) is 1.28. The maximum absolute atomic E-state index is 11.7. The van der Waals surface area contributed by atoms with Gasteiger partial charge in [-0.2, -0.15) is 0 Å². The highest BCUT2D eigenvalue weighted by atomic mass is 32.1. The number of H-pyrrole nitrogens is 1. The van der Waals surface area contributed by atoms with Gasteiger partial charge < -0.3 is 16.0 Å². The minimum absolute atomic E-state index is 0.189. The Morgan fingerprint density at radius 2 is 2.56 bits per heavy atom. The monoisotopic (exact) mass is 236 g/mol. The third-order valence-electron chi connectivity index (χ3n) is 2.09. The predicted octanol–water partition coefficient (Wildman–Crippen LogP) is 0.980. The molecule has 1 unspecified atom stereocenters. The van der Waals surface area contributed by atoms with Crippen LogP contribution < -0.4 is 11.1 Å². The first-order valence-corrected chi connectivity index (χ1v) is 5.71. The Balaban J connectivity index is 1.90. The predicted molar refractivity (Wildman–Crippen MR) is 63.2 cm³/mol. The van der Waals surface area contributed by atoms with Gasteiger partial charge in [0.25, 0.3) is 0 Å². The minimum Gasteiger partial charge on any atom is -0.351 e. The number of nitrogens with zero attached hydrogens (tertiary/aromatic N) is 1. The van der Waals surface area contributed by atoms with Crippen molar-refractivity contribution in [3.05, 3.63) is 35.7 Å². The molecule has 84 valence electrons. The minimum atomic E-state index is -0.578. The van der Waals surface area contributed by atoms with Gasteiger partial charge in [0.05, 0.1) is 23.1 Å². The van der Waals surface area contributed by atoms with Crippen LogP contribution >= 0.6 is 11.3 Å². The second-order valence-corrected chi connectivity index (χ2v) is 4.29. The lowest BCUT2D eigenvalue weighted by Gasteiger charge is -2.09. The molecule has 6 heteroatoms. The average molecular weight is 236 g/mol. The summed E-state index contributed by atoms with van der Waals surface area (Å²) in [7, 11) is 0. The first-order chi connectivity index (χ1) is 7.75. The van der Waals surface area contributed by atoms with E-state index in [4.69, 9.17) is 5.73 Å². The summed E-state index contributed by atoms with van der Waals surface area (Å²) < 4.78 is 0. The van der Waals surface area contributed by atoms with Gasteiger partial charge in [0.15, 0.2) is 0 Å². The molecule has 0 aliphatic rings. The highest BCUT2D eigenvalue weighted by Crippen LogP contribution is 2.15. The largest absolute Gasteiger partial charge is 0.351 e. The van der Waals surface area contributed by atoms with E-state index >= 15 is 0 Å². The molecule has 0 spiro atoms. The number of nitrogens with two attached hydrogens (primary N) is 1. The van der Waals surface area contributed by atoms with Crippen molar-refractivity contribution < 1.29 is 4.79 Å². The van der Waals surface area contributed by atoms with Gasteiger partial charge in [0.1, 0.15) is 0 Å². The second-order valence-electron chi connectivity index (χ2n) is 3.34. The maximum Gasteiger partial charge on any atom is 0.242 e. The van der Waals surface area contributed by atoms with Crippen molar-refractivity contribution in [1.29, 1.82) is 0 Å². The zero-order valence-electron chi connectivity index (χ0n) is 8.51. The van der Waals surface area contributed by atoms with Crippen molar-refractivity contribution in [2.45, 2.75) is 12.5 Å². The third-order valence-corrected chi connectivity index (χ3v) is 2.87. The summed E-state index contributed by atoms with van der Waals surface area (Å²) in [5.41, 5.74) is 6.55. The van der Waals surface area contributed by atoms with E-state index < -0.39 is 6.04 Å².